The third-order valence-corrected chi connectivity index (χ3v) is 7.34. The predicted molar refractivity (Wildman–Crippen MR) is 149 cm³/mol. The molecular weight excluding hydrogens is 510 g/mol. The van der Waals surface area contributed by atoms with E-state index in [-0.39, 0.29) is 17.4 Å². The number of ether oxygens (including phenoxy) is 3. The number of fused-ring (bicyclic) bond motifs is 1. The maximum atomic E-state index is 13.5. The summed E-state index contributed by atoms with van der Waals surface area (Å²) in [6.07, 6.45) is 8.53. The van der Waals surface area contributed by atoms with Crippen molar-refractivity contribution in [2.24, 2.45) is 0 Å². The molecule has 0 bridgehead atoms. The Kier molecular flexibility index (Phi) is 8.09. The van der Waals surface area contributed by atoms with E-state index in [1.807, 2.05) is 29.8 Å². The second-order valence-corrected chi connectivity index (χ2v) is 10.2. The van der Waals surface area contributed by atoms with Gasteiger partial charge >= 0.3 is 0 Å². The van der Waals surface area contributed by atoms with Gasteiger partial charge < -0.3 is 28.8 Å². The molecular formula is C31H35N3O6. The zero-order valence-corrected chi connectivity index (χ0v) is 23.1. The molecule has 9 nitrogen and oxygen atoms in total. The van der Waals surface area contributed by atoms with Gasteiger partial charge in [-0.05, 0) is 61.2 Å². The van der Waals surface area contributed by atoms with Crippen LogP contribution in [0, 0.1) is 0 Å². The zero-order chi connectivity index (χ0) is 28.2. The molecule has 5 rings (SSSR count). The van der Waals surface area contributed by atoms with Gasteiger partial charge in [0, 0.05) is 37.5 Å². The Bertz CT molecular complexity index is 1410. The molecule has 40 heavy (non-hydrogen) atoms. The van der Waals surface area contributed by atoms with E-state index in [9.17, 15) is 14.7 Å². The molecule has 0 radical (unpaired) electrons. The molecule has 2 atom stereocenters. The van der Waals surface area contributed by atoms with Gasteiger partial charge in [-0.15, -0.1) is 0 Å². The van der Waals surface area contributed by atoms with Gasteiger partial charge in [0.25, 0.3) is 11.7 Å². The van der Waals surface area contributed by atoms with Crippen LogP contribution in [0.5, 0.6) is 17.2 Å². The number of carbonyl (C=O) groups is 2. The van der Waals surface area contributed by atoms with E-state index in [2.05, 4.69) is 11.9 Å². The fraction of sp³-hybridized carbons (Fsp3) is 0.387. The van der Waals surface area contributed by atoms with Gasteiger partial charge in [-0.1, -0.05) is 19.4 Å². The summed E-state index contributed by atoms with van der Waals surface area (Å²) in [5, 5.41) is 11.5. The van der Waals surface area contributed by atoms with Crippen molar-refractivity contribution in [1.82, 2.24) is 14.5 Å². The van der Waals surface area contributed by atoms with Crippen molar-refractivity contribution in [2.45, 2.75) is 58.2 Å². The lowest BCUT2D eigenvalue weighted by molar-refractivity contribution is -0.139. The Labute approximate surface area is 234 Å². The fourth-order valence-corrected chi connectivity index (χ4v) is 5.32. The molecule has 1 fully saturated rings. The van der Waals surface area contributed by atoms with Gasteiger partial charge in [-0.25, -0.2) is 4.98 Å². The SMILES string of the molecule is CCCCOc1ccc([C@@H]2/C(=C(\O)c3ccc4c(c3)C[C@@H](C)O4)C(=O)C(=O)N2CCCn2ccnc2)cc1OC. The van der Waals surface area contributed by atoms with E-state index >= 15 is 0 Å². The fourth-order valence-electron chi connectivity index (χ4n) is 5.32. The average molecular weight is 546 g/mol. The van der Waals surface area contributed by atoms with Gasteiger partial charge in [0.2, 0.25) is 0 Å². The smallest absolute Gasteiger partial charge is 0.295 e. The van der Waals surface area contributed by atoms with Crippen molar-refractivity contribution in [2.75, 3.05) is 20.3 Å². The molecule has 3 aromatic rings. The van der Waals surface area contributed by atoms with Crippen molar-refractivity contribution in [3.05, 3.63) is 77.4 Å². The number of carbonyl (C=O) groups excluding carboxylic acids is 2. The first-order valence-electron chi connectivity index (χ1n) is 13.8. The van der Waals surface area contributed by atoms with Crippen LogP contribution in [-0.4, -0.2) is 57.6 Å². The number of nitrogens with zero attached hydrogens (tertiary/aromatic N) is 3. The predicted octanol–water partition coefficient (Wildman–Crippen LogP) is 4.91. The van der Waals surface area contributed by atoms with Crippen molar-refractivity contribution in [3.8, 4) is 17.2 Å². The summed E-state index contributed by atoms with van der Waals surface area (Å²) >= 11 is 0. The number of aliphatic hydroxyl groups is 1. The Hall–Kier alpha value is -4.27. The van der Waals surface area contributed by atoms with Gasteiger partial charge in [0.1, 0.15) is 17.6 Å². The molecule has 2 aromatic carbocycles. The number of likely N-dealkylation sites (tertiary alicyclic amines) is 1. The molecule has 2 aliphatic rings. The number of Topliss-reactive ketones (excluding diaryl/α,β-unsaturated/α-hetero) is 1. The summed E-state index contributed by atoms with van der Waals surface area (Å²) in [4.78, 5) is 32.5. The number of aryl methyl sites for hydroxylation is 1. The van der Waals surface area contributed by atoms with E-state index in [1.165, 1.54) is 4.90 Å². The van der Waals surface area contributed by atoms with Crippen molar-refractivity contribution >= 4 is 17.4 Å². The largest absolute Gasteiger partial charge is 0.507 e. The summed E-state index contributed by atoms with van der Waals surface area (Å²) < 4.78 is 19.2. The van der Waals surface area contributed by atoms with E-state index < -0.39 is 17.7 Å². The Morgan fingerprint density at radius 1 is 1.12 bits per heavy atom. The van der Waals surface area contributed by atoms with Crippen LogP contribution in [0.4, 0.5) is 0 Å². The minimum Gasteiger partial charge on any atom is -0.507 e. The van der Waals surface area contributed by atoms with Gasteiger partial charge in [0.05, 0.1) is 31.7 Å². The summed E-state index contributed by atoms with van der Waals surface area (Å²) in [7, 11) is 1.56. The second-order valence-electron chi connectivity index (χ2n) is 10.2. The number of hydrogen-bond donors (Lipinski definition) is 1. The highest BCUT2D eigenvalue weighted by atomic mass is 16.5. The van der Waals surface area contributed by atoms with Gasteiger partial charge in [-0.2, -0.15) is 0 Å². The summed E-state index contributed by atoms with van der Waals surface area (Å²) in [5.74, 6) is 0.301. The first-order valence-corrected chi connectivity index (χ1v) is 13.8. The molecule has 2 aliphatic heterocycles. The zero-order valence-electron chi connectivity index (χ0n) is 23.1. The normalized spacial score (nSPS) is 19.5. The number of rotatable bonds is 11. The molecule has 0 saturated carbocycles. The number of aromatic nitrogens is 2. The monoisotopic (exact) mass is 545 g/mol. The molecule has 9 heteroatoms. The topological polar surface area (TPSA) is 103 Å². The van der Waals surface area contributed by atoms with Crippen LogP contribution in [0.25, 0.3) is 5.76 Å². The minimum absolute atomic E-state index is 0.0407. The number of amides is 1. The number of imidazole rings is 1. The van der Waals surface area contributed by atoms with Crippen LogP contribution in [0.15, 0.2) is 60.7 Å². The average Bonchev–Trinajstić information content (AvgIpc) is 3.67. The highest BCUT2D eigenvalue weighted by Crippen LogP contribution is 2.43. The summed E-state index contributed by atoms with van der Waals surface area (Å²) in [6, 6.07) is 9.98. The minimum atomic E-state index is -0.787. The number of hydrogen-bond acceptors (Lipinski definition) is 7. The van der Waals surface area contributed by atoms with Crippen molar-refractivity contribution < 1.29 is 28.9 Å². The molecule has 1 saturated heterocycles. The van der Waals surface area contributed by atoms with E-state index in [1.54, 1.807) is 43.9 Å². The standard InChI is InChI=1S/C31H35N3O6/c1-4-5-15-39-25-10-7-21(18-26(25)38-3)28-27(29(35)22-8-9-24-23(17-22)16-20(2)40-24)30(36)31(37)34(28)13-6-12-33-14-11-32-19-33/h7-11,14,17-20,28,35H,4-6,12-13,15-16H2,1-3H3/b29-27+/t20-,28-/m1/s1. The molecule has 0 unspecified atom stereocenters. The second kappa shape index (κ2) is 11.9. The molecule has 3 heterocycles. The van der Waals surface area contributed by atoms with E-state index in [0.717, 1.165) is 24.2 Å². The highest BCUT2D eigenvalue weighted by Gasteiger charge is 2.46. The molecule has 1 aromatic heterocycles. The highest BCUT2D eigenvalue weighted by molar-refractivity contribution is 6.46. The first-order chi connectivity index (χ1) is 19.4. The lowest BCUT2D eigenvalue weighted by Crippen LogP contribution is -2.31. The van der Waals surface area contributed by atoms with Crippen LogP contribution in [-0.2, 0) is 22.6 Å². The van der Waals surface area contributed by atoms with Crippen LogP contribution in [0.1, 0.15) is 55.8 Å². The van der Waals surface area contributed by atoms with Crippen LogP contribution in [0.3, 0.4) is 0 Å². The Morgan fingerprint density at radius 2 is 1.98 bits per heavy atom. The third kappa shape index (κ3) is 5.41. The molecule has 0 spiro atoms. The summed E-state index contributed by atoms with van der Waals surface area (Å²) in [6.45, 7) is 5.58. The van der Waals surface area contributed by atoms with Gasteiger partial charge in [-0.3, -0.25) is 9.59 Å². The Balaban J connectivity index is 1.53. The lowest BCUT2D eigenvalue weighted by atomic mass is 9.94. The van der Waals surface area contributed by atoms with Crippen LogP contribution < -0.4 is 14.2 Å². The van der Waals surface area contributed by atoms with Crippen molar-refractivity contribution in [1.29, 1.82) is 0 Å². The van der Waals surface area contributed by atoms with Crippen LogP contribution in [0.2, 0.25) is 0 Å². The maximum absolute atomic E-state index is 13.5. The van der Waals surface area contributed by atoms with Crippen molar-refractivity contribution in [3.63, 3.8) is 0 Å². The van der Waals surface area contributed by atoms with Crippen LogP contribution >= 0.6 is 0 Å². The summed E-state index contributed by atoms with van der Waals surface area (Å²) in [5.41, 5.74) is 2.14. The van der Waals surface area contributed by atoms with E-state index in [0.29, 0.717) is 55.2 Å². The number of unbranched alkanes of at least 4 members (excludes halogenated alkanes) is 1. The third-order valence-electron chi connectivity index (χ3n) is 7.34. The molecule has 0 aliphatic carbocycles. The maximum Gasteiger partial charge on any atom is 0.295 e. The number of aliphatic hydroxyl groups excluding tert-OH is 1. The molecule has 210 valence electrons. The Morgan fingerprint density at radius 3 is 2.73 bits per heavy atom. The quantitative estimate of drug-likeness (QED) is 0.158. The van der Waals surface area contributed by atoms with E-state index in [4.69, 9.17) is 14.2 Å². The number of methoxy groups -OCH3 is 1. The van der Waals surface area contributed by atoms with Gasteiger partial charge in [0.15, 0.2) is 11.5 Å². The lowest BCUT2D eigenvalue weighted by Gasteiger charge is -2.26. The molecule has 1 N–H and O–H groups in total. The molecule has 1 amide bonds. The number of ketones is 1. The first kappa shape index (κ1) is 27.3. The number of benzene rings is 2.